The fourth-order valence-electron chi connectivity index (χ4n) is 3.90. The van der Waals surface area contributed by atoms with Crippen molar-refractivity contribution in [1.82, 2.24) is 15.1 Å². The fourth-order valence-corrected chi connectivity index (χ4v) is 5.25. The summed E-state index contributed by atoms with van der Waals surface area (Å²) >= 11 is 1.39. The van der Waals surface area contributed by atoms with E-state index in [1.165, 1.54) is 28.5 Å². The van der Waals surface area contributed by atoms with Crippen molar-refractivity contribution in [2.75, 3.05) is 26.7 Å². The van der Waals surface area contributed by atoms with Crippen molar-refractivity contribution >= 4 is 29.7 Å². The summed E-state index contributed by atoms with van der Waals surface area (Å²) in [6.45, 7) is 2.23. The van der Waals surface area contributed by atoms with E-state index < -0.39 is 24.4 Å². The van der Waals surface area contributed by atoms with E-state index in [4.69, 9.17) is 14.9 Å². The van der Waals surface area contributed by atoms with Crippen LogP contribution in [0.15, 0.2) is 11.0 Å². The van der Waals surface area contributed by atoms with Crippen molar-refractivity contribution in [1.29, 1.82) is 0 Å². The molecule has 5 unspecified atom stereocenters. The van der Waals surface area contributed by atoms with E-state index in [9.17, 15) is 19.5 Å². The maximum absolute atomic E-state index is 12.3. The molecule has 11 heteroatoms. The minimum atomic E-state index is -1.48. The van der Waals surface area contributed by atoms with Crippen molar-refractivity contribution in [3.05, 3.63) is 11.0 Å². The molecule has 10 nitrogen and oxygen atoms in total. The minimum absolute atomic E-state index is 0.00132. The number of fused-ring (bicyclic) bond motifs is 1. The number of amides is 2. The maximum atomic E-state index is 12.3. The first kappa shape index (κ1) is 20.9. The van der Waals surface area contributed by atoms with Crippen molar-refractivity contribution < 1.29 is 34.4 Å². The van der Waals surface area contributed by atoms with E-state index in [0.717, 1.165) is 0 Å². The normalized spacial score (nSPS) is 32.4. The van der Waals surface area contributed by atoms with Crippen molar-refractivity contribution in [3.63, 3.8) is 0 Å². The molecule has 3 aliphatic rings. The number of ether oxygens (including phenoxy) is 1. The largest absolute Gasteiger partial charge is 0.507 e. The molecule has 156 valence electrons. The smallest absolute Gasteiger partial charge is 0.450 e. The van der Waals surface area contributed by atoms with E-state index in [2.05, 4.69) is 5.32 Å². The Bertz CT molecular complexity index is 686. The lowest BCUT2D eigenvalue weighted by Crippen LogP contribution is -2.64. The molecule has 2 amide bonds. The van der Waals surface area contributed by atoms with Crippen LogP contribution < -0.4 is 5.32 Å². The van der Waals surface area contributed by atoms with Crippen molar-refractivity contribution in [3.8, 4) is 0 Å². The van der Waals surface area contributed by atoms with Crippen LogP contribution in [0.4, 0.5) is 4.79 Å². The number of nitrogens with zero attached hydrogens (tertiary/aromatic N) is 2. The van der Waals surface area contributed by atoms with Gasteiger partial charge in [-0.15, -0.1) is 11.8 Å². The maximum Gasteiger partial charge on any atom is 0.507 e. The number of β-lactam (4-membered cyclic amide) rings is 1. The first-order chi connectivity index (χ1) is 13.2. The molecule has 4 N–H and O–H groups in total. The summed E-state index contributed by atoms with van der Waals surface area (Å²) < 4.78 is 4.94. The summed E-state index contributed by atoms with van der Waals surface area (Å²) in [5.74, 6) is -1.04. The third-order valence-electron chi connectivity index (χ3n) is 5.30. The minimum Gasteiger partial charge on any atom is -0.450 e. The number of hydrogen-bond acceptors (Lipinski definition) is 8. The molecule has 0 saturated carbocycles. The number of nitrogens with one attached hydrogen (secondary N) is 1. The summed E-state index contributed by atoms with van der Waals surface area (Å²) in [4.78, 5) is 39.1. The van der Waals surface area contributed by atoms with Crippen LogP contribution in [0.25, 0.3) is 0 Å². The first-order valence-electron chi connectivity index (χ1n) is 9.12. The third kappa shape index (κ3) is 3.84. The molecular formula is C17H25N3O7S. The average molecular weight is 415 g/mol. The lowest BCUT2D eigenvalue weighted by molar-refractivity contribution is -0.171. The monoisotopic (exact) mass is 415 g/mol. The summed E-state index contributed by atoms with van der Waals surface area (Å²) in [7, 11) is 1.63. The number of hydrogen-bond donors (Lipinski definition) is 4. The highest BCUT2D eigenvalue weighted by atomic mass is 32.2. The standard InChI is InChI=1S/C17H25N3O7S/c1-8(22)13-11-6-12(16(27-17(25)26)20(11)15(13)24)28-9-5-10(18-7-9)14(23)19(2)3-4-21/h6,8-11,13,16,18,21-22H,3-5,7H2,1-2H3,(H,25,26)/t8?,9?,10?,11-,13?,16?/m0/s1. The van der Waals surface area contributed by atoms with Crippen LogP contribution in [-0.2, 0) is 14.3 Å². The number of carbonyl (C=O) groups is 3. The van der Waals surface area contributed by atoms with Gasteiger partial charge in [-0.25, -0.2) is 4.79 Å². The quantitative estimate of drug-likeness (QED) is 0.305. The second kappa shape index (κ2) is 8.27. The van der Waals surface area contributed by atoms with Gasteiger partial charge in [-0.05, 0) is 19.4 Å². The van der Waals surface area contributed by atoms with Crippen LogP contribution in [-0.4, -0.2) is 99.5 Å². The molecule has 2 fully saturated rings. The third-order valence-corrected chi connectivity index (χ3v) is 6.60. The molecule has 3 rings (SSSR count). The zero-order valence-electron chi connectivity index (χ0n) is 15.6. The van der Waals surface area contributed by atoms with Gasteiger partial charge in [-0.2, -0.15) is 0 Å². The molecule has 0 aromatic carbocycles. The Morgan fingerprint density at radius 1 is 1.50 bits per heavy atom. The van der Waals surface area contributed by atoms with Gasteiger partial charge in [0.2, 0.25) is 18.0 Å². The molecule has 0 aliphatic carbocycles. The number of carboxylic acid groups (broad SMARTS) is 1. The molecule has 0 radical (unpaired) electrons. The van der Waals surface area contributed by atoms with Crippen LogP contribution >= 0.6 is 11.8 Å². The Morgan fingerprint density at radius 2 is 2.21 bits per heavy atom. The molecule has 0 aromatic rings. The highest BCUT2D eigenvalue weighted by Crippen LogP contribution is 2.45. The highest BCUT2D eigenvalue weighted by molar-refractivity contribution is 8.03. The van der Waals surface area contributed by atoms with Gasteiger partial charge in [0.1, 0.15) is 0 Å². The SMILES string of the molecule is CC(O)C1C(=O)N2C(OC(=O)O)C(SC3CNC(C(=O)N(C)CCO)C3)=C[C@@H]12. The lowest BCUT2D eigenvalue weighted by Gasteiger charge is -2.45. The molecule has 6 atom stereocenters. The van der Waals surface area contributed by atoms with E-state index in [1.807, 2.05) is 0 Å². The van der Waals surface area contributed by atoms with Crippen molar-refractivity contribution in [2.24, 2.45) is 5.92 Å². The summed E-state index contributed by atoms with van der Waals surface area (Å²) in [5.41, 5.74) is 0. The molecule has 28 heavy (non-hydrogen) atoms. The van der Waals surface area contributed by atoms with Gasteiger partial charge >= 0.3 is 6.16 Å². The number of likely N-dealkylation sites (N-methyl/N-ethyl adjacent to an activating group) is 1. The van der Waals surface area contributed by atoms with Gasteiger partial charge < -0.3 is 30.3 Å². The Balaban J connectivity index is 1.66. The van der Waals surface area contributed by atoms with Crippen LogP contribution in [0.2, 0.25) is 0 Å². The molecule has 0 bridgehead atoms. The topological polar surface area (TPSA) is 140 Å². The van der Waals surface area contributed by atoms with E-state index in [1.54, 1.807) is 13.1 Å². The second-order valence-corrected chi connectivity index (χ2v) is 8.60. The summed E-state index contributed by atoms with van der Waals surface area (Å²) in [6.07, 6.45) is -1.01. The van der Waals surface area contributed by atoms with E-state index in [0.29, 0.717) is 17.9 Å². The Labute approximate surface area is 166 Å². The number of carbonyl (C=O) groups excluding carboxylic acids is 2. The van der Waals surface area contributed by atoms with Crippen LogP contribution in [0.3, 0.4) is 0 Å². The number of aliphatic hydroxyl groups excluding tert-OH is 2. The predicted octanol–water partition coefficient (Wildman–Crippen LogP) is -0.973. The van der Waals surface area contributed by atoms with E-state index >= 15 is 0 Å². The lowest BCUT2D eigenvalue weighted by atomic mass is 9.85. The fraction of sp³-hybridized carbons (Fsp3) is 0.706. The number of aliphatic hydroxyl groups is 2. The Morgan fingerprint density at radius 3 is 2.82 bits per heavy atom. The zero-order chi connectivity index (χ0) is 20.6. The van der Waals surface area contributed by atoms with Gasteiger partial charge in [0.05, 0.1) is 30.7 Å². The van der Waals surface area contributed by atoms with E-state index in [-0.39, 0.29) is 42.3 Å². The van der Waals surface area contributed by atoms with Gasteiger partial charge in [-0.3, -0.25) is 14.5 Å². The molecule has 3 heterocycles. The van der Waals surface area contributed by atoms with Gasteiger partial charge in [0, 0.05) is 30.3 Å². The van der Waals surface area contributed by atoms with Crippen LogP contribution in [0.5, 0.6) is 0 Å². The van der Waals surface area contributed by atoms with Crippen LogP contribution in [0, 0.1) is 5.92 Å². The summed E-state index contributed by atoms with van der Waals surface area (Å²) in [5, 5.41) is 31.0. The van der Waals surface area contributed by atoms with Gasteiger partial charge in [0.25, 0.3) is 0 Å². The Kier molecular flexibility index (Phi) is 6.18. The first-order valence-corrected chi connectivity index (χ1v) is 10.00. The van der Waals surface area contributed by atoms with Gasteiger partial charge in [0.15, 0.2) is 0 Å². The van der Waals surface area contributed by atoms with Gasteiger partial charge in [-0.1, -0.05) is 0 Å². The van der Waals surface area contributed by atoms with Crippen molar-refractivity contribution in [2.45, 2.75) is 43.0 Å². The highest BCUT2D eigenvalue weighted by Gasteiger charge is 2.57. The number of rotatable bonds is 7. The average Bonchev–Trinajstić information content (AvgIpc) is 3.17. The molecule has 0 aromatic heterocycles. The molecule has 0 spiro atoms. The number of thioether (sulfide) groups is 1. The zero-order valence-corrected chi connectivity index (χ0v) is 16.5. The van der Waals surface area contributed by atoms with Crippen LogP contribution in [0.1, 0.15) is 13.3 Å². The Hall–Kier alpha value is -1.82. The molecule has 3 aliphatic heterocycles. The second-order valence-electron chi connectivity index (χ2n) is 7.23. The molecule has 2 saturated heterocycles. The molecular weight excluding hydrogens is 390 g/mol. The summed E-state index contributed by atoms with van der Waals surface area (Å²) in [6, 6.07) is -0.763. The predicted molar refractivity (Wildman–Crippen MR) is 99.3 cm³/mol.